The van der Waals surface area contributed by atoms with E-state index in [9.17, 15) is 0 Å². The number of hydrogen-bond donors (Lipinski definition) is 0. The Morgan fingerprint density at radius 2 is 1.23 bits per heavy atom. The molecule has 0 saturated heterocycles. The molecule has 0 aromatic rings. The second-order valence-electron chi connectivity index (χ2n) is 12.1. The third-order valence-electron chi connectivity index (χ3n) is 9.02. The first-order chi connectivity index (χ1) is 13.9. The molecule has 3 atom stereocenters. The maximum atomic E-state index is 17.1. The Balaban J connectivity index is 2.58. The lowest BCUT2D eigenvalue weighted by molar-refractivity contribution is -0.0857. The van der Waals surface area contributed by atoms with Gasteiger partial charge < -0.3 is 0 Å². The van der Waals surface area contributed by atoms with Gasteiger partial charge in [-0.1, -0.05) is 73.8 Å². The molecule has 176 valence electrons. The van der Waals surface area contributed by atoms with Crippen LogP contribution >= 0.6 is 0 Å². The van der Waals surface area contributed by atoms with Crippen LogP contribution in [0.5, 0.6) is 0 Å². The van der Waals surface area contributed by atoms with E-state index in [2.05, 4.69) is 53.0 Å². The van der Waals surface area contributed by atoms with E-state index in [0.29, 0.717) is 5.57 Å². The summed E-state index contributed by atoms with van der Waals surface area (Å²) < 4.78 is 33.9. The van der Waals surface area contributed by atoms with Crippen molar-refractivity contribution in [3.05, 3.63) is 47.6 Å². The number of rotatable bonds is 7. The van der Waals surface area contributed by atoms with Crippen molar-refractivity contribution < 1.29 is 8.78 Å². The molecule has 0 N–H and O–H groups in total. The third-order valence-corrected chi connectivity index (χ3v) is 9.02. The standard InChI is InChI=1S/C29H46F2/c1-20(2)27(9,21(3)23-16-12-14-18-25(23,5)6)29(11,31)28(10,30)22(4)24-17-13-15-19-26(24,7)8/h16-17,20H,3-4,12-15,18-19H2,1-2,5-11H3. The highest BCUT2D eigenvalue weighted by molar-refractivity contribution is 5.48. The molecule has 0 aromatic carbocycles. The molecule has 2 aliphatic rings. The van der Waals surface area contributed by atoms with E-state index in [1.807, 2.05) is 20.8 Å². The van der Waals surface area contributed by atoms with Crippen molar-refractivity contribution in [3.8, 4) is 0 Å². The normalized spacial score (nSPS) is 26.7. The molecule has 31 heavy (non-hydrogen) atoms. The predicted octanol–water partition coefficient (Wildman–Crippen LogP) is 9.49. The van der Waals surface area contributed by atoms with Crippen molar-refractivity contribution in [2.24, 2.45) is 22.2 Å². The number of allylic oxidation sites excluding steroid dienone is 6. The minimum Gasteiger partial charge on any atom is -0.239 e. The van der Waals surface area contributed by atoms with E-state index in [1.165, 1.54) is 13.8 Å². The van der Waals surface area contributed by atoms with E-state index in [-0.39, 0.29) is 16.7 Å². The Hall–Kier alpha value is -1.18. The van der Waals surface area contributed by atoms with Crippen molar-refractivity contribution in [1.82, 2.24) is 0 Å². The lowest BCUT2D eigenvalue weighted by Gasteiger charge is -2.54. The van der Waals surface area contributed by atoms with E-state index < -0.39 is 16.8 Å². The van der Waals surface area contributed by atoms with Crippen LogP contribution in [0.15, 0.2) is 47.6 Å². The smallest absolute Gasteiger partial charge is 0.167 e. The molecule has 0 nitrogen and oxygen atoms in total. The first-order valence-corrected chi connectivity index (χ1v) is 12.1. The average molecular weight is 433 g/mol. The van der Waals surface area contributed by atoms with Crippen molar-refractivity contribution in [2.75, 3.05) is 0 Å². The zero-order chi connectivity index (χ0) is 24.0. The van der Waals surface area contributed by atoms with Crippen LogP contribution in [0, 0.1) is 22.2 Å². The van der Waals surface area contributed by atoms with Gasteiger partial charge in [-0.25, -0.2) is 8.78 Å². The van der Waals surface area contributed by atoms with Gasteiger partial charge in [0, 0.05) is 5.41 Å². The maximum absolute atomic E-state index is 17.1. The fourth-order valence-corrected chi connectivity index (χ4v) is 5.94. The summed E-state index contributed by atoms with van der Waals surface area (Å²) in [5.41, 5.74) is -2.78. The molecular formula is C29H46F2. The Morgan fingerprint density at radius 3 is 1.58 bits per heavy atom. The Morgan fingerprint density at radius 1 is 0.839 bits per heavy atom. The highest BCUT2D eigenvalue weighted by atomic mass is 19.2. The molecule has 0 fully saturated rings. The van der Waals surface area contributed by atoms with Gasteiger partial charge in [-0.15, -0.1) is 0 Å². The fourth-order valence-electron chi connectivity index (χ4n) is 5.94. The first-order valence-electron chi connectivity index (χ1n) is 12.1. The largest absolute Gasteiger partial charge is 0.239 e. The van der Waals surface area contributed by atoms with Gasteiger partial charge in [0.15, 0.2) is 11.3 Å². The van der Waals surface area contributed by atoms with Gasteiger partial charge in [0.25, 0.3) is 0 Å². The monoisotopic (exact) mass is 432 g/mol. The molecule has 2 rings (SSSR count). The maximum Gasteiger partial charge on any atom is 0.167 e. The number of halogens is 2. The topological polar surface area (TPSA) is 0 Å². The van der Waals surface area contributed by atoms with Crippen molar-refractivity contribution in [3.63, 3.8) is 0 Å². The lowest BCUT2D eigenvalue weighted by Crippen LogP contribution is -2.59. The summed E-state index contributed by atoms with van der Waals surface area (Å²) in [6, 6.07) is 0. The molecule has 2 aliphatic carbocycles. The predicted molar refractivity (Wildman–Crippen MR) is 132 cm³/mol. The highest BCUT2D eigenvalue weighted by Gasteiger charge is 2.62. The molecule has 0 radical (unpaired) electrons. The van der Waals surface area contributed by atoms with Crippen molar-refractivity contribution in [2.45, 2.75) is 112 Å². The van der Waals surface area contributed by atoms with Crippen LogP contribution in [0.25, 0.3) is 0 Å². The summed E-state index contributed by atoms with van der Waals surface area (Å²) in [7, 11) is 0. The summed E-state index contributed by atoms with van der Waals surface area (Å²) >= 11 is 0. The van der Waals surface area contributed by atoms with Crippen LogP contribution < -0.4 is 0 Å². The molecule has 0 spiro atoms. The van der Waals surface area contributed by atoms with Gasteiger partial charge >= 0.3 is 0 Å². The van der Waals surface area contributed by atoms with Gasteiger partial charge in [0.05, 0.1) is 0 Å². The van der Waals surface area contributed by atoms with Crippen molar-refractivity contribution in [1.29, 1.82) is 0 Å². The van der Waals surface area contributed by atoms with Crippen LogP contribution in [-0.2, 0) is 0 Å². The highest BCUT2D eigenvalue weighted by Crippen LogP contribution is 2.60. The number of hydrogen-bond acceptors (Lipinski definition) is 0. The molecule has 0 bridgehead atoms. The lowest BCUT2D eigenvalue weighted by atomic mass is 9.53. The summed E-state index contributed by atoms with van der Waals surface area (Å²) in [6.45, 7) is 25.9. The number of alkyl halides is 2. The Kier molecular flexibility index (Phi) is 6.99. The van der Waals surface area contributed by atoms with Crippen LogP contribution in [0.4, 0.5) is 8.78 Å². The molecular weight excluding hydrogens is 386 g/mol. The molecule has 0 amide bonds. The first kappa shape index (κ1) is 26.1. The van der Waals surface area contributed by atoms with E-state index in [1.54, 1.807) is 0 Å². The summed E-state index contributed by atoms with van der Waals surface area (Å²) in [5.74, 6) is -0.134. The van der Waals surface area contributed by atoms with Gasteiger partial charge in [0.2, 0.25) is 0 Å². The van der Waals surface area contributed by atoms with Gasteiger partial charge in [-0.3, -0.25) is 0 Å². The SMILES string of the molecule is C=C(C1=CCCCC1(C)C)C(C)(F)C(C)(F)C(C)(C(=C)C1=CCCCC1(C)C)C(C)C. The molecule has 0 aliphatic heterocycles. The second kappa shape index (κ2) is 8.31. The Labute approximate surface area is 191 Å². The minimum absolute atomic E-state index is 0.0842. The molecule has 0 aromatic heterocycles. The zero-order valence-corrected chi connectivity index (χ0v) is 21.6. The van der Waals surface area contributed by atoms with Crippen LogP contribution in [0.2, 0.25) is 0 Å². The average Bonchev–Trinajstić information content (AvgIpc) is 2.65. The fraction of sp³-hybridized carbons (Fsp3) is 0.724. The van der Waals surface area contributed by atoms with Crippen LogP contribution in [0.3, 0.4) is 0 Å². The third kappa shape index (κ3) is 4.13. The van der Waals surface area contributed by atoms with E-state index in [4.69, 9.17) is 0 Å². The van der Waals surface area contributed by atoms with E-state index in [0.717, 1.165) is 55.2 Å². The molecule has 0 saturated carbocycles. The second-order valence-corrected chi connectivity index (χ2v) is 12.1. The van der Waals surface area contributed by atoms with Crippen LogP contribution in [-0.4, -0.2) is 11.3 Å². The zero-order valence-electron chi connectivity index (χ0n) is 21.6. The van der Waals surface area contributed by atoms with E-state index >= 15 is 8.78 Å². The van der Waals surface area contributed by atoms with Gasteiger partial charge in [-0.2, -0.15) is 0 Å². The van der Waals surface area contributed by atoms with Gasteiger partial charge in [-0.05, 0) is 91.4 Å². The summed E-state index contributed by atoms with van der Waals surface area (Å²) in [5, 5.41) is 0. The summed E-state index contributed by atoms with van der Waals surface area (Å²) in [6.07, 6.45) is 10.3. The minimum atomic E-state index is -2.23. The molecule has 3 unspecified atom stereocenters. The van der Waals surface area contributed by atoms with Crippen LogP contribution in [0.1, 0.15) is 101 Å². The molecule has 0 heterocycles. The van der Waals surface area contributed by atoms with Crippen molar-refractivity contribution >= 4 is 0 Å². The quantitative estimate of drug-likeness (QED) is 0.376. The van der Waals surface area contributed by atoms with Gasteiger partial charge in [0.1, 0.15) is 0 Å². The summed E-state index contributed by atoms with van der Waals surface area (Å²) in [4.78, 5) is 0. The Bertz CT molecular complexity index is 786. The molecule has 2 heteroatoms.